The lowest BCUT2D eigenvalue weighted by Crippen LogP contribution is -2.21. The molecule has 0 radical (unpaired) electrons. The van der Waals surface area contributed by atoms with E-state index in [1.807, 2.05) is 38.4 Å². The van der Waals surface area contributed by atoms with Crippen LogP contribution in [-0.2, 0) is 0 Å². The van der Waals surface area contributed by atoms with Crippen LogP contribution in [0.2, 0.25) is 0 Å². The van der Waals surface area contributed by atoms with Crippen molar-refractivity contribution < 1.29 is 4.39 Å². The zero-order valence-electron chi connectivity index (χ0n) is 15.0. The van der Waals surface area contributed by atoms with Gasteiger partial charge in [-0.2, -0.15) is 0 Å². The third-order valence-electron chi connectivity index (χ3n) is 3.88. The van der Waals surface area contributed by atoms with Crippen LogP contribution >= 0.6 is 31.9 Å². The highest BCUT2D eigenvalue weighted by atomic mass is 79.9. The third kappa shape index (κ3) is 5.34. The molecule has 7 heteroatoms. The molecule has 0 aliphatic heterocycles. The molecule has 0 atom stereocenters. The van der Waals surface area contributed by atoms with E-state index >= 15 is 0 Å². The quantitative estimate of drug-likeness (QED) is 0.496. The van der Waals surface area contributed by atoms with Crippen LogP contribution in [-0.4, -0.2) is 42.1 Å². The predicted octanol–water partition coefficient (Wildman–Crippen LogP) is 5.44. The summed E-state index contributed by atoms with van der Waals surface area (Å²) in [6, 6.07) is 10.3. The van der Waals surface area contributed by atoms with Gasteiger partial charge in [0.1, 0.15) is 11.6 Å². The summed E-state index contributed by atoms with van der Waals surface area (Å²) in [6.45, 7) is 1.66. The van der Waals surface area contributed by atoms with Crippen LogP contribution in [0.15, 0.2) is 45.3 Å². The first-order chi connectivity index (χ1) is 12.9. The van der Waals surface area contributed by atoms with Gasteiger partial charge in [0.25, 0.3) is 0 Å². The van der Waals surface area contributed by atoms with Crippen molar-refractivity contribution in [1.82, 2.24) is 14.9 Å². The van der Waals surface area contributed by atoms with Gasteiger partial charge < -0.3 is 10.2 Å². The van der Waals surface area contributed by atoms with E-state index in [2.05, 4.69) is 52.0 Å². The Balaban J connectivity index is 1.98. The maximum absolute atomic E-state index is 13.1. The van der Waals surface area contributed by atoms with Crippen LogP contribution in [0.4, 0.5) is 10.2 Å². The fourth-order valence-electron chi connectivity index (χ4n) is 2.53. The van der Waals surface area contributed by atoms with E-state index in [1.165, 1.54) is 12.1 Å². The summed E-state index contributed by atoms with van der Waals surface area (Å²) in [4.78, 5) is 11.4. The molecule has 0 unspecified atom stereocenters. The maximum atomic E-state index is 13.1. The van der Waals surface area contributed by atoms with E-state index in [4.69, 9.17) is 0 Å². The van der Waals surface area contributed by atoms with E-state index in [9.17, 15) is 4.39 Å². The third-order valence-corrected chi connectivity index (χ3v) is 4.94. The molecule has 0 bridgehead atoms. The Labute approximate surface area is 174 Å². The fraction of sp³-hybridized carbons (Fsp3) is 0.200. The minimum atomic E-state index is -0.254. The molecule has 1 heterocycles. The largest absolute Gasteiger partial charge is 0.368 e. The van der Waals surface area contributed by atoms with Crippen molar-refractivity contribution in [1.29, 1.82) is 0 Å². The van der Waals surface area contributed by atoms with Crippen LogP contribution < -0.4 is 5.32 Å². The van der Waals surface area contributed by atoms with Gasteiger partial charge in [-0.05, 0) is 65.9 Å². The van der Waals surface area contributed by atoms with Crippen molar-refractivity contribution in [2.45, 2.75) is 0 Å². The van der Waals surface area contributed by atoms with E-state index < -0.39 is 0 Å². The molecule has 0 amide bonds. The molecule has 1 N–H and O–H groups in total. The van der Waals surface area contributed by atoms with Gasteiger partial charge in [-0.3, -0.25) is 0 Å². The Bertz CT molecular complexity index is 972. The summed E-state index contributed by atoms with van der Waals surface area (Å²) in [5, 5.41) is 4.34. The first-order valence-electron chi connectivity index (χ1n) is 8.41. The fourth-order valence-corrected chi connectivity index (χ4v) is 3.84. The highest BCUT2D eigenvalue weighted by molar-refractivity contribution is 9.11. The van der Waals surface area contributed by atoms with E-state index in [1.54, 1.807) is 12.1 Å². The molecule has 2 aromatic carbocycles. The summed E-state index contributed by atoms with van der Waals surface area (Å²) in [5.74, 6) is 1.11. The van der Waals surface area contributed by atoms with Crippen LogP contribution in [0.5, 0.6) is 0 Å². The predicted molar refractivity (Wildman–Crippen MR) is 117 cm³/mol. The minimum Gasteiger partial charge on any atom is -0.368 e. The second kappa shape index (κ2) is 8.91. The molecule has 0 aliphatic rings. The standard InChI is InChI=1S/C20H19Br2FN4/c1-27(2)10-9-24-20-16-11-14(21)12-17(22)19(16)25-18(26-20)8-5-13-3-6-15(23)7-4-13/h3-8,11-12H,9-10H2,1-2H3,(H,24,25,26). The van der Waals surface area contributed by atoms with Gasteiger partial charge in [0.05, 0.1) is 5.52 Å². The number of nitrogens with one attached hydrogen (secondary N) is 1. The number of benzene rings is 2. The highest BCUT2D eigenvalue weighted by Crippen LogP contribution is 2.31. The van der Waals surface area contributed by atoms with Gasteiger partial charge >= 0.3 is 0 Å². The molecule has 1 aromatic heterocycles. The number of likely N-dealkylation sites (N-methyl/N-ethyl adjacent to an activating group) is 1. The molecular formula is C20H19Br2FN4. The molecular weight excluding hydrogens is 475 g/mol. The van der Waals surface area contributed by atoms with Gasteiger partial charge in [-0.25, -0.2) is 14.4 Å². The number of aromatic nitrogens is 2. The van der Waals surface area contributed by atoms with Crippen LogP contribution in [0.25, 0.3) is 23.1 Å². The van der Waals surface area contributed by atoms with E-state index in [0.29, 0.717) is 5.82 Å². The number of fused-ring (bicyclic) bond motifs is 1. The van der Waals surface area contributed by atoms with Crippen molar-refractivity contribution in [3.05, 3.63) is 62.5 Å². The molecule has 0 aliphatic carbocycles. The smallest absolute Gasteiger partial charge is 0.155 e. The molecule has 3 aromatic rings. The van der Waals surface area contributed by atoms with Gasteiger partial charge in [-0.1, -0.05) is 34.1 Å². The molecule has 0 spiro atoms. The number of halogens is 3. The summed E-state index contributed by atoms with van der Waals surface area (Å²) in [7, 11) is 4.06. The SMILES string of the molecule is CN(C)CCNc1nc(C=Cc2ccc(F)cc2)nc2c(Br)cc(Br)cc12. The van der Waals surface area contributed by atoms with Crippen molar-refractivity contribution in [2.75, 3.05) is 32.5 Å². The van der Waals surface area contributed by atoms with Crippen LogP contribution in [0.3, 0.4) is 0 Å². The molecule has 0 fully saturated rings. The average Bonchev–Trinajstić information content (AvgIpc) is 2.61. The first-order valence-corrected chi connectivity index (χ1v) is 10.00. The number of rotatable bonds is 6. The molecule has 3 rings (SSSR count). The summed E-state index contributed by atoms with van der Waals surface area (Å²) in [5.41, 5.74) is 1.72. The lowest BCUT2D eigenvalue weighted by Gasteiger charge is -2.13. The molecule has 140 valence electrons. The van der Waals surface area contributed by atoms with Crippen molar-refractivity contribution >= 4 is 60.7 Å². The van der Waals surface area contributed by atoms with Crippen molar-refractivity contribution in [3.63, 3.8) is 0 Å². The summed E-state index contributed by atoms with van der Waals surface area (Å²) in [6.07, 6.45) is 3.70. The lowest BCUT2D eigenvalue weighted by molar-refractivity contribution is 0.425. The Morgan fingerprint density at radius 3 is 2.52 bits per heavy atom. The zero-order chi connectivity index (χ0) is 19.4. The van der Waals surface area contributed by atoms with E-state index in [-0.39, 0.29) is 5.82 Å². The number of hydrogen-bond acceptors (Lipinski definition) is 4. The minimum absolute atomic E-state index is 0.254. The van der Waals surface area contributed by atoms with Crippen molar-refractivity contribution in [3.8, 4) is 0 Å². The highest BCUT2D eigenvalue weighted by Gasteiger charge is 2.10. The van der Waals surface area contributed by atoms with E-state index in [0.717, 1.165) is 44.3 Å². The lowest BCUT2D eigenvalue weighted by atomic mass is 10.2. The molecule has 4 nitrogen and oxygen atoms in total. The zero-order valence-corrected chi connectivity index (χ0v) is 18.2. The Hall–Kier alpha value is -1.83. The first kappa shape index (κ1) is 19.9. The van der Waals surface area contributed by atoms with Crippen LogP contribution in [0.1, 0.15) is 11.4 Å². The maximum Gasteiger partial charge on any atom is 0.155 e. The monoisotopic (exact) mass is 492 g/mol. The molecule has 27 heavy (non-hydrogen) atoms. The number of anilines is 1. The van der Waals surface area contributed by atoms with Gasteiger partial charge in [0.15, 0.2) is 5.82 Å². The normalized spacial score (nSPS) is 11.6. The summed E-state index contributed by atoms with van der Waals surface area (Å²) >= 11 is 7.12. The Morgan fingerprint density at radius 1 is 1.07 bits per heavy atom. The van der Waals surface area contributed by atoms with Gasteiger partial charge in [0, 0.05) is 27.4 Å². The van der Waals surface area contributed by atoms with Crippen molar-refractivity contribution in [2.24, 2.45) is 0 Å². The second-order valence-corrected chi connectivity index (χ2v) is 8.10. The molecule has 0 saturated heterocycles. The second-order valence-electron chi connectivity index (χ2n) is 6.33. The van der Waals surface area contributed by atoms with Gasteiger partial charge in [-0.15, -0.1) is 0 Å². The Kier molecular flexibility index (Phi) is 6.57. The number of nitrogens with zero attached hydrogens (tertiary/aromatic N) is 3. The van der Waals surface area contributed by atoms with Gasteiger partial charge in [0.2, 0.25) is 0 Å². The topological polar surface area (TPSA) is 41.0 Å². The van der Waals surface area contributed by atoms with Crippen LogP contribution in [0, 0.1) is 5.82 Å². The number of hydrogen-bond donors (Lipinski definition) is 1. The molecule has 0 saturated carbocycles. The average molecular weight is 494 g/mol. The summed E-state index contributed by atoms with van der Waals surface area (Å²) < 4.78 is 14.9. The Morgan fingerprint density at radius 2 is 1.81 bits per heavy atom.